The maximum absolute atomic E-state index is 12.4. The van der Waals surface area contributed by atoms with Crippen molar-refractivity contribution in [2.75, 3.05) is 0 Å². The molecule has 1 aromatic heterocycles. The summed E-state index contributed by atoms with van der Waals surface area (Å²) in [5.41, 5.74) is 1.09. The zero-order chi connectivity index (χ0) is 15.1. The first kappa shape index (κ1) is 14.1. The number of halogens is 1. The highest BCUT2D eigenvalue weighted by atomic mass is 79.9. The van der Waals surface area contributed by atoms with Gasteiger partial charge in [0.25, 0.3) is 0 Å². The van der Waals surface area contributed by atoms with Crippen molar-refractivity contribution in [2.24, 2.45) is 11.8 Å². The van der Waals surface area contributed by atoms with Gasteiger partial charge in [0, 0.05) is 16.3 Å². The van der Waals surface area contributed by atoms with Gasteiger partial charge in [0.1, 0.15) is 11.9 Å². The molecule has 22 heavy (non-hydrogen) atoms. The van der Waals surface area contributed by atoms with E-state index in [0.29, 0.717) is 5.92 Å². The van der Waals surface area contributed by atoms with Crippen molar-refractivity contribution in [2.45, 2.75) is 31.3 Å². The second-order valence-corrected chi connectivity index (χ2v) is 7.13. The molecule has 4 heteroatoms. The molecular weight excluding hydrogens is 344 g/mol. The highest BCUT2D eigenvalue weighted by Crippen LogP contribution is 2.50. The molecule has 0 spiro atoms. The van der Waals surface area contributed by atoms with Gasteiger partial charge in [-0.15, -0.1) is 0 Å². The summed E-state index contributed by atoms with van der Waals surface area (Å²) in [6, 6.07) is 11.9. The number of carbonyl (C=O) groups excluding carboxylic acids is 1. The van der Waals surface area contributed by atoms with Crippen LogP contribution in [-0.4, -0.2) is 5.97 Å². The molecule has 114 valence electrons. The quantitative estimate of drug-likeness (QED) is 0.716. The molecule has 3 nitrogen and oxygen atoms in total. The van der Waals surface area contributed by atoms with Gasteiger partial charge in [-0.3, -0.25) is 4.79 Å². The summed E-state index contributed by atoms with van der Waals surface area (Å²) in [6.07, 6.45) is 4.67. The predicted octanol–water partition coefficient (Wildman–Crippen LogP) is 4.84. The van der Waals surface area contributed by atoms with Crippen molar-refractivity contribution in [1.82, 2.24) is 0 Å². The molecule has 0 aliphatic heterocycles. The summed E-state index contributed by atoms with van der Waals surface area (Å²) in [7, 11) is 0. The molecule has 0 unspecified atom stereocenters. The van der Waals surface area contributed by atoms with Gasteiger partial charge in [0.05, 0.1) is 12.2 Å². The van der Waals surface area contributed by atoms with Crippen molar-refractivity contribution in [3.8, 4) is 0 Å². The first-order valence-electron chi connectivity index (χ1n) is 7.72. The normalized spacial score (nSPS) is 24.8. The van der Waals surface area contributed by atoms with Crippen LogP contribution in [-0.2, 0) is 9.53 Å². The molecule has 0 N–H and O–H groups in total. The minimum atomic E-state index is -0.0987. The van der Waals surface area contributed by atoms with Crippen LogP contribution < -0.4 is 0 Å². The van der Waals surface area contributed by atoms with E-state index in [1.54, 1.807) is 6.26 Å². The van der Waals surface area contributed by atoms with Crippen LogP contribution in [0.15, 0.2) is 51.6 Å². The van der Waals surface area contributed by atoms with E-state index in [-0.39, 0.29) is 23.9 Å². The average Bonchev–Trinajstić information content (AvgIpc) is 3.45. The summed E-state index contributed by atoms with van der Waals surface area (Å²) in [5, 5.41) is 0. The molecule has 3 atom stereocenters. The van der Waals surface area contributed by atoms with Crippen LogP contribution in [0.3, 0.4) is 0 Å². The van der Waals surface area contributed by atoms with E-state index in [9.17, 15) is 4.79 Å². The second-order valence-electron chi connectivity index (χ2n) is 6.21. The van der Waals surface area contributed by atoms with E-state index in [1.165, 1.54) is 0 Å². The van der Waals surface area contributed by atoms with Crippen LogP contribution in [0.5, 0.6) is 0 Å². The summed E-state index contributed by atoms with van der Waals surface area (Å²) in [6.45, 7) is 0. The first-order valence-corrected chi connectivity index (χ1v) is 8.51. The number of ether oxygens (including phenoxy) is 1. The number of rotatable bonds is 5. The van der Waals surface area contributed by atoms with Crippen LogP contribution in [0.1, 0.15) is 42.6 Å². The van der Waals surface area contributed by atoms with Crippen LogP contribution in [0.25, 0.3) is 0 Å². The molecule has 0 bridgehead atoms. The number of benzene rings is 1. The summed E-state index contributed by atoms with van der Waals surface area (Å²) >= 11 is 3.44. The summed E-state index contributed by atoms with van der Waals surface area (Å²) in [5.74, 6) is 1.45. The van der Waals surface area contributed by atoms with E-state index in [0.717, 1.165) is 35.1 Å². The Kier molecular flexibility index (Phi) is 3.57. The van der Waals surface area contributed by atoms with Gasteiger partial charge >= 0.3 is 5.97 Å². The van der Waals surface area contributed by atoms with E-state index in [4.69, 9.17) is 9.15 Å². The lowest BCUT2D eigenvalue weighted by atomic mass is 10.1. The molecule has 0 amide bonds. The van der Waals surface area contributed by atoms with Gasteiger partial charge in [0.15, 0.2) is 0 Å². The number of esters is 1. The molecule has 2 aliphatic rings. The monoisotopic (exact) mass is 360 g/mol. The molecule has 2 saturated carbocycles. The molecule has 0 radical (unpaired) electrons. The van der Waals surface area contributed by atoms with Gasteiger partial charge in [0.2, 0.25) is 0 Å². The highest BCUT2D eigenvalue weighted by molar-refractivity contribution is 9.10. The molecule has 0 saturated heterocycles. The molecule has 2 aromatic rings. The van der Waals surface area contributed by atoms with Crippen molar-refractivity contribution in [1.29, 1.82) is 0 Å². The number of furan rings is 1. The van der Waals surface area contributed by atoms with E-state index >= 15 is 0 Å². The Hall–Kier alpha value is -1.55. The molecule has 2 fully saturated rings. The number of carbonyl (C=O) groups is 1. The van der Waals surface area contributed by atoms with Gasteiger partial charge in [-0.05, 0) is 49.1 Å². The Morgan fingerprint density at radius 1 is 1.23 bits per heavy atom. The molecular formula is C18H17BrO3. The fourth-order valence-corrected chi connectivity index (χ4v) is 3.24. The molecule has 4 rings (SSSR count). The fourth-order valence-electron chi connectivity index (χ4n) is 2.97. The Labute approximate surface area is 137 Å². The number of hydrogen-bond donors (Lipinski definition) is 0. The lowest BCUT2D eigenvalue weighted by Crippen LogP contribution is -2.15. The van der Waals surface area contributed by atoms with Gasteiger partial charge in [-0.25, -0.2) is 0 Å². The minimum absolute atomic E-state index is 0.0390. The van der Waals surface area contributed by atoms with Crippen molar-refractivity contribution in [3.05, 3.63) is 58.5 Å². The van der Waals surface area contributed by atoms with Crippen molar-refractivity contribution >= 4 is 21.9 Å². The third-order valence-electron chi connectivity index (χ3n) is 4.49. The first-order chi connectivity index (χ1) is 10.7. The molecule has 1 aromatic carbocycles. The zero-order valence-corrected chi connectivity index (χ0v) is 13.7. The third-order valence-corrected chi connectivity index (χ3v) is 5.02. The summed E-state index contributed by atoms with van der Waals surface area (Å²) < 4.78 is 12.3. The van der Waals surface area contributed by atoms with Gasteiger partial charge < -0.3 is 9.15 Å². The van der Waals surface area contributed by atoms with E-state index in [2.05, 4.69) is 15.9 Å². The van der Waals surface area contributed by atoms with E-state index in [1.807, 2.05) is 36.4 Å². The van der Waals surface area contributed by atoms with Crippen LogP contribution in [0.2, 0.25) is 0 Å². The SMILES string of the molecule is O=C(O[C@H](c1ccc(Br)cc1)C1CC1)[C@H]1C[C@@H]1c1ccco1. The summed E-state index contributed by atoms with van der Waals surface area (Å²) in [4.78, 5) is 12.4. The third kappa shape index (κ3) is 2.84. The van der Waals surface area contributed by atoms with Crippen molar-refractivity contribution < 1.29 is 13.9 Å². The fraction of sp³-hybridized carbons (Fsp3) is 0.389. The lowest BCUT2D eigenvalue weighted by Gasteiger charge is -2.18. The lowest BCUT2D eigenvalue weighted by molar-refractivity contribution is -0.152. The zero-order valence-electron chi connectivity index (χ0n) is 12.1. The maximum atomic E-state index is 12.4. The molecule has 2 aliphatic carbocycles. The Balaban J connectivity index is 1.44. The maximum Gasteiger partial charge on any atom is 0.310 e. The average molecular weight is 361 g/mol. The standard InChI is InChI=1S/C18H17BrO3/c19-13-7-5-12(6-8-13)17(11-3-4-11)22-18(20)15-10-14(15)16-2-1-9-21-16/h1-2,5-9,11,14-15,17H,3-4,10H2/t14-,15-,17-/m0/s1. The second kappa shape index (κ2) is 5.58. The van der Waals surface area contributed by atoms with Crippen molar-refractivity contribution in [3.63, 3.8) is 0 Å². The Bertz CT molecular complexity index is 658. The number of hydrogen-bond acceptors (Lipinski definition) is 3. The molecule has 1 heterocycles. The Morgan fingerprint density at radius 2 is 2.00 bits per heavy atom. The van der Waals surface area contributed by atoms with Gasteiger partial charge in [-0.1, -0.05) is 28.1 Å². The Morgan fingerprint density at radius 3 is 2.64 bits per heavy atom. The van der Waals surface area contributed by atoms with E-state index < -0.39 is 0 Å². The minimum Gasteiger partial charge on any atom is -0.469 e. The topological polar surface area (TPSA) is 39.4 Å². The van der Waals surface area contributed by atoms with Crippen LogP contribution >= 0.6 is 15.9 Å². The van der Waals surface area contributed by atoms with Crippen LogP contribution in [0.4, 0.5) is 0 Å². The van der Waals surface area contributed by atoms with Gasteiger partial charge in [-0.2, -0.15) is 0 Å². The predicted molar refractivity (Wildman–Crippen MR) is 85.3 cm³/mol. The highest BCUT2D eigenvalue weighted by Gasteiger charge is 2.48. The smallest absolute Gasteiger partial charge is 0.310 e. The van der Waals surface area contributed by atoms with Crippen LogP contribution in [0, 0.1) is 11.8 Å². The largest absolute Gasteiger partial charge is 0.469 e.